The van der Waals surface area contributed by atoms with Crippen LogP contribution in [0, 0.1) is 5.82 Å². The van der Waals surface area contributed by atoms with Crippen molar-refractivity contribution in [3.05, 3.63) is 29.6 Å². The molecule has 0 spiro atoms. The molecule has 1 aliphatic heterocycles. The minimum absolute atomic E-state index is 0.180. The molecule has 0 amide bonds. The summed E-state index contributed by atoms with van der Waals surface area (Å²) in [6.45, 7) is 1.87. The number of hydrogen-bond acceptors (Lipinski definition) is 2. The number of nitrogens with zero attached hydrogens (tertiary/aromatic N) is 1. The van der Waals surface area contributed by atoms with E-state index in [1.807, 2.05) is 6.07 Å². The minimum atomic E-state index is -0.180. The summed E-state index contributed by atoms with van der Waals surface area (Å²) in [6, 6.07) is 4.95. The Balaban J connectivity index is 2.20. The van der Waals surface area contributed by atoms with Gasteiger partial charge in [0.25, 0.3) is 0 Å². The molecule has 2 nitrogen and oxygen atoms in total. The molecule has 1 heterocycles. The van der Waals surface area contributed by atoms with Crippen molar-refractivity contribution in [2.45, 2.75) is 17.9 Å². The molecule has 1 atom stereocenters. The first kappa shape index (κ1) is 11.9. The molecular formula is C12H15BrFNO. The third-order valence-electron chi connectivity index (χ3n) is 3.00. The molecule has 4 heteroatoms. The summed E-state index contributed by atoms with van der Waals surface area (Å²) in [6.07, 6.45) is 1.34. The van der Waals surface area contributed by atoms with Crippen molar-refractivity contribution in [2.75, 3.05) is 25.1 Å². The van der Waals surface area contributed by atoms with Crippen molar-refractivity contribution in [2.24, 2.45) is 0 Å². The minimum Gasteiger partial charge on any atom is -0.380 e. The Morgan fingerprint density at radius 3 is 3.00 bits per heavy atom. The number of benzene rings is 1. The van der Waals surface area contributed by atoms with Gasteiger partial charge in [-0.3, -0.25) is 0 Å². The highest BCUT2D eigenvalue weighted by molar-refractivity contribution is 9.08. The van der Waals surface area contributed by atoms with Crippen LogP contribution >= 0.6 is 15.9 Å². The van der Waals surface area contributed by atoms with Crippen molar-refractivity contribution in [1.29, 1.82) is 0 Å². The number of alkyl halides is 1. The van der Waals surface area contributed by atoms with Gasteiger partial charge in [0.05, 0.1) is 6.10 Å². The number of anilines is 1. The van der Waals surface area contributed by atoms with E-state index in [9.17, 15) is 4.39 Å². The lowest BCUT2D eigenvalue weighted by atomic mass is 10.2. The molecule has 0 aliphatic carbocycles. The molecule has 0 aromatic heterocycles. The highest BCUT2D eigenvalue weighted by Crippen LogP contribution is 2.27. The average molecular weight is 288 g/mol. The number of halogens is 2. The molecule has 1 aliphatic rings. The van der Waals surface area contributed by atoms with E-state index in [0.29, 0.717) is 11.4 Å². The predicted octanol–water partition coefficient (Wildman–Crippen LogP) is 2.95. The zero-order valence-corrected chi connectivity index (χ0v) is 10.8. The maximum absolute atomic E-state index is 13.1. The first-order valence-corrected chi connectivity index (χ1v) is 6.49. The summed E-state index contributed by atoms with van der Waals surface area (Å²) in [5.74, 6) is -0.180. The van der Waals surface area contributed by atoms with Crippen LogP contribution in [-0.2, 0) is 10.1 Å². The molecule has 1 saturated heterocycles. The third kappa shape index (κ3) is 2.38. The van der Waals surface area contributed by atoms with Gasteiger partial charge in [-0.1, -0.05) is 15.9 Å². The smallest absolute Gasteiger partial charge is 0.123 e. The molecule has 1 unspecified atom stereocenters. The van der Waals surface area contributed by atoms with E-state index in [4.69, 9.17) is 4.74 Å². The second-order valence-electron chi connectivity index (χ2n) is 4.00. The number of methoxy groups -OCH3 is 1. The zero-order chi connectivity index (χ0) is 11.5. The summed E-state index contributed by atoms with van der Waals surface area (Å²) < 4.78 is 18.4. The molecule has 0 bridgehead atoms. The van der Waals surface area contributed by atoms with Gasteiger partial charge >= 0.3 is 0 Å². The quantitative estimate of drug-likeness (QED) is 0.793. The van der Waals surface area contributed by atoms with Crippen molar-refractivity contribution >= 4 is 21.6 Å². The lowest BCUT2D eigenvalue weighted by Gasteiger charge is -2.21. The highest BCUT2D eigenvalue weighted by atomic mass is 79.9. The Morgan fingerprint density at radius 1 is 1.56 bits per heavy atom. The molecular weight excluding hydrogens is 273 g/mol. The molecule has 2 rings (SSSR count). The Labute approximate surface area is 104 Å². The van der Waals surface area contributed by atoms with E-state index in [-0.39, 0.29) is 5.82 Å². The summed E-state index contributed by atoms with van der Waals surface area (Å²) in [7, 11) is 1.74. The molecule has 0 saturated carbocycles. The molecule has 0 radical (unpaired) electrons. The molecule has 1 aromatic rings. The zero-order valence-electron chi connectivity index (χ0n) is 9.25. The van der Waals surface area contributed by atoms with E-state index >= 15 is 0 Å². The molecule has 1 fully saturated rings. The Bertz CT molecular complexity index is 372. The van der Waals surface area contributed by atoms with Gasteiger partial charge in [0.15, 0.2) is 0 Å². The monoisotopic (exact) mass is 287 g/mol. The Kier molecular flexibility index (Phi) is 3.82. The third-order valence-corrected chi connectivity index (χ3v) is 3.61. The van der Waals surface area contributed by atoms with E-state index < -0.39 is 0 Å². The largest absolute Gasteiger partial charge is 0.380 e. The lowest BCUT2D eigenvalue weighted by molar-refractivity contribution is 0.121. The van der Waals surface area contributed by atoms with E-state index in [1.165, 1.54) is 6.07 Å². The van der Waals surface area contributed by atoms with Crippen LogP contribution < -0.4 is 4.90 Å². The molecule has 88 valence electrons. The van der Waals surface area contributed by atoms with Crippen LogP contribution in [-0.4, -0.2) is 26.3 Å². The van der Waals surface area contributed by atoms with Crippen LogP contribution in [0.25, 0.3) is 0 Å². The van der Waals surface area contributed by atoms with Gasteiger partial charge in [-0.05, 0) is 30.2 Å². The Hall–Kier alpha value is -0.610. The summed E-state index contributed by atoms with van der Waals surface area (Å²) in [4.78, 5) is 2.25. The standard InChI is InChI=1S/C12H15BrFNO/c1-16-11-4-5-15(8-11)12-3-2-10(14)6-9(12)7-13/h2-3,6,11H,4-5,7-8H2,1H3. The maximum Gasteiger partial charge on any atom is 0.123 e. The van der Waals surface area contributed by atoms with Crippen LogP contribution in [0.4, 0.5) is 10.1 Å². The maximum atomic E-state index is 13.1. The first-order valence-electron chi connectivity index (χ1n) is 5.36. The molecule has 0 N–H and O–H groups in total. The normalized spacial score (nSPS) is 20.4. The second-order valence-corrected chi connectivity index (χ2v) is 4.56. The fourth-order valence-corrected chi connectivity index (χ4v) is 2.56. The van der Waals surface area contributed by atoms with Crippen LogP contribution in [0.5, 0.6) is 0 Å². The highest BCUT2D eigenvalue weighted by Gasteiger charge is 2.23. The van der Waals surface area contributed by atoms with Gasteiger partial charge in [-0.25, -0.2) is 4.39 Å². The van der Waals surface area contributed by atoms with Crippen molar-refractivity contribution in [3.63, 3.8) is 0 Å². The van der Waals surface area contributed by atoms with Crippen molar-refractivity contribution < 1.29 is 9.13 Å². The van der Waals surface area contributed by atoms with Gasteiger partial charge in [0.1, 0.15) is 5.82 Å². The Morgan fingerprint density at radius 2 is 2.38 bits per heavy atom. The van der Waals surface area contributed by atoms with Gasteiger partial charge in [-0.2, -0.15) is 0 Å². The fourth-order valence-electron chi connectivity index (χ4n) is 2.11. The summed E-state index contributed by atoms with van der Waals surface area (Å²) in [5, 5.41) is 0.675. The van der Waals surface area contributed by atoms with Crippen LogP contribution in [0.1, 0.15) is 12.0 Å². The van der Waals surface area contributed by atoms with Crippen molar-refractivity contribution in [3.8, 4) is 0 Å². The second kappa shape index (κ2) is 5.15. The van der Waals surface area contributed by atoms with E-state index in [1.54, 1.807) is 13.2 Å². The van der Waals surface area contributed by atoms with Crippen molar-refractivity contribution in [1.82, 2.24) is 0 Å². The summed E-state index contributed by atoms with van der Waals surface area (Å²) in [5.41, 5.74) is 2.11. The first-order chi connectivity index (χ1) is 7.74. The summed E-state index contributed by atoms with van der Waals surface area (Å²) >= 11 is 3.40. The van der Waals surface area contributed by atoms with Crippen LogP contribution in [0.15, 0.2) is 18.2 Å². The van der Waals surface area contributed by atoms with Crippen LogP contribution in [0.2, 0.25) is 0 Å². The molecule has 16 heavy (non-hydrogen) atoms. The van der Waals surface area contributed by atoms with Gasteiger partial charge in [0.2, 0.25) is 0 Å². The van der Waals surface area contributed by atoms with Crippen LogP contribution in [0.3, 0.4) is 0 Å². The fraction of sp³-hybridized carbons (Fsp3) is 0.500. The van der Waals surface area contributed by atoms with E-state index in [2.05, 4.69) is 20.8 Å². The lowest BCUT2D eigenvalue weighted by Crippen LogP contribution is -2.23. The van der Waals surface area contributed by atoms with Gasteiger partial charge in [-0.15, -0.1) is 0 Å². The predicted molar refractivity (Wildman–Crippen MR) is 66.7 cm³/mol. The van der Waals surface area contributed by atoms with E-state index in [0.717, 1.165) is 30.8 Å². The SMILES string of the molecule is COC1CCN(c2ccc(F)cc2CBr)C1. The van der Waals surface area contributed by atoms with Gasteiger partial charge < -0.3 is 9.64 Å². The topological polar surface area (TPSA) is 12.5 Å². The average Bonchev–Trinajstić information content (AvgIpc) is 2.77. The number of hydrogen-bond donors (Lipinski definition) is 0. The van der Waals surface area contributed by atoms with Gasteiger partial charge in [0, 0.05) is 31.2 Å². The number of ether oxygens (including phenoxy) is 1. The molecule has 1 aromatic carbocycles. The number of rotatable bonds is 3.